The summed E-state index contributed by atoms with van der Waals surface area (Å²) >= 11 is 0. The summed E-state index contributed by atoms with van der Waals surface area (Å²) in [5.74, 6) is 8.34. The van der Waals surface area contributed by atoms with E-state index in [1.165, 1.54) is 26.2 Å². The van der Waals surface area contributed by atoms with Crippen LogP contribution in [0.2, 0.25) is 0 Å². The minimum Gasteiger partial charge on any atom is -0.508 e. The number of hydrogen-bond acceptors (Lipinski definition) is 7. The predicted molar refractivity (Wildman–Crippen MR) is 101 cm³/mol. The van der Waals surface area contributed by atoms with Crippen molar-refractivity contribution in [1.29, 1.82) is 0 Å². The van der Waals surface area contributed by atoms with Gasteiger partial charge < -0.3 is 19.6 Å². The number of rotatable bonds is 6. The highest BCUT2D eigenvalue weighted by molar-refractivity contribution is 5.58. The van der Waals surface area contributed by atoms with Gasteiger partial charge in [-0.05, 0) is 30.3 Å². The first-order valence-corrected chi connectivity index (χ1v) is 8.47. The Morgan fingerprint density at radius 2 is 1.62 bits per heavy atom. The van der Waals surface area contributed by atoms with E-state index in [1.54, 1.807) is 0 Å². The third kappa shape index (κ3) is 8.39. The number of anilines is 1. The Morgan fingerprint density at radius 3 is 2.09 bits per heavy atom. The topological polar surface area (TPSA) is 114 Å². The van der Waals surface area contributed by atoms with Crippen molar-refractivity contribution in [2.75, 3.05) is 19.1 Å². The minimum absolute atomic E-state index is 0.0593. The number of halogens is 6. The molecule has 32 heavy (non-hydrogen) atoms. The quantitative estimate of drug-likeness (QED) is 0.195. The van der Waals surface area contributed by atoms with E-state index in [9.17, 15) is 36.2 Å². The van der Waals surface area contributed by atoms with Crippen LogP contribution in [0.4, 0.5) is 32.0 Å². The molecule has 0 unspecified atom stereocenters. The molecule has 5 N–H and O–H groups in total. The molecule has 1 amide bonds. The molecule has 0 saturated carbocycles. The molecule has 8 nitrogen and oxygen atoms in total. The summed E-state index contributed by atoms with van der Waals surface area (Å²) in [7, 11) is 2.80. The van der Waals surface area contributed by atoms with Crippen LogP contribution in [0.15, 0.2) is 36.4 Å². The van der Waals surface area contributed by atoms with E-state index < -0.39 is 42.0 Å². The van der Waals surface area contributed by atoms with E-state index in [-0.39, 0.29) is 11.3 Å². The summed E-state index contributed by atoms with van der Waals surface area (Å²) < 4.78 is 86.0. The Kier molecular flexibility index (Phi) is 8.97. The maximum absolute atomic E-state index is 13.1. The van der Waals surface area contributed by atoms with Gasteiger partial charge in [0.15, 0.2) is 0 Å². The van der Waals surface area contributed by atoms with Crippen molar-refractivity contribution in [3.05, 3.63) is 47.5 Å². The first-order valence-electron chi connectivity index (χ1n) is 8.47. The number of carbonyl (C=O) groups is 1. The predicted octanol–water partition coefficient (Wildman–Crippen LogP) is 3.15. The van der Waals surface area contributed by atoms with Crippen LogP contribution in [0.5, 0.6) is 17.2 Å². The van der Waals surface area contributed by atoms with Crippen LogP contribution in [-0.4, -0.2) is 37.0 Å². The van der Waals surface area contributed by atoms with Crippen molar-refractivity contribution < 1.29 is 45.7 Å². The fourth-order valence-electron chi connectivity index (χ4n) is 2.27. The lowest BCUT2D eigenvalue weighted by Crippen LogP contribution is -2.27. The normalized spacial score (nSPS) is 11.2. The molecule has 0 heterocycles. The van der Waals surface area contributed by atoms with Gasteiger partial charge in [-0.3, -0.25) is 9.80 Å². The second-order valence-corrected chi connectivity index (χ2v) is 6.15. The molecule has 2 rings (SSSR count). The van der Waals surface area contributed by atoms with Gasteiger partial charge in [0.05, 0.1) is 11.3 Å². The third-order valence-electron chi connectivity index (χ3n) is 3.52. The molecular formula is C18H20F6N4O4. The largest absolute Gasteiger partial charge is 0.573 e. The first kappa shape index (κ1) is 26.6. The van der Waals surface area contributed by atoms with Crippen molar-refractivity contribution in [2.45, 2.75) is 19.1 Å². The Balaban J connectivity index is 0.000000920. The van der Waals surface area contributed by atoms with Crippen molar-refractivity contribution >= 4 is 12.1 Å². The zero-order chi connectivity index (χ0) is 24.7. The zero-order valence-electron chi connectivity index (χ0n) is 16.7. The fourth-order valence-corrected chi connectivity index (χ4v) is 2.27. The zero-order valence-corrected chi connectivity index (χ0v) is 16.7. The molecule has 0 aromatic heterocycles. The highest BCUT2D eigenvalue weighted by atomic mass is 19.4. The molecule has 0 radical (unpaired) electrons. The van der Waals surface area contributed by atoms with Gasteiger partial charge in [-0.15, -0.1) is 13.2 Å². The molecular weight excluding hydrogens is 450 g/mol. The molecule has 0 aliphatic rings. The standard InChI is InChI=1S/C16H14F6N2O3.C2H6N2O/c1-24(23)12-3-2-4-13(27-16(20,21)22)10(12)8-26-14-6-5-9(25)7-11(14)15(17,18)19;1-4(3)2-5/h2-7,25H,8,23H2,1H3;2H,3H2,1H3. The SMILES string of the molecule is CN(N)C=O.CN(N)c1cccc(OC(F)(F)F)c1COc1ccc(O)cc1C(F)(F)F. The number of aromatic hydroxyl groups is 1. The lowest BCUT2D eigenvalue weighted by molar-refractivity contribution is -0.275. The first-order chi connectivity index (χ1) is 14.7. The van der Waals surface area contributed by atoms with Crippen LogP contribution in [0, 0.1) is 0 Å². The number of phenolic OH excluding ortho intramolecular Hbond substituents is 1. The van der Waals surface area contributed by atoms with Crippen molar-refractivity contribution in [3.8, 4) is 17.2 Å². The monoisotopic (exact) mass is 470 g/mol. The number of amides is 1. The summed E-state index contributed by atoms with van der Waals surface area (Å²) in [6.45, 7) is -0.697. The average Bonchev–Trinajstić information content (AvgIpc) is 2.66. The molecule has 0 fully saturated rings. The number of nitrogens with zero attached hydrogens (tertiary/aromatic N) is 2. The van der Waals surface area contributed by atoms with Crippen LogP contribution < -0.4 is 26.2 Å². The maximum atomic E-state index is 13.1. The van der Waals surface area contributed by atoms with Crippen molar-refractivity contribution in [3.63, 3.8) is 0 Å². The Labute approximate surface area is 178 Å². The molecule has 0 saturated heterocycles. The number of carbonyl (C=O) groups excluding carboxylic acids is 1. The molecule has 0 bridgehead atoms. The average molecular weight is 470 g/mol. The molecule has 2 aromatic carbocycles. The van der Waals surface area contributed by atoms with Crippen LogP contribution in [0.1, 0.15) is 11.1 Å². The summed E-state index contributed by atoms with van der Waals surface area (Å²) in [6, 6.07) is 5.84. The van der Waals surface area contributed by atoms with Crippen molar-refractivity contribution in [2.24, 2.45) is 11.7 Å². The van der Waals surface area contributed by atoms with Crippen LogP contribution in [0.3, 0.4) is 0 Å². The van der Waals surface area contributed by atoms with Gasteiger partial charge in [0.2, 0.25) is 6.41 Å². The van der Waals surface area contributed by atoms with Gasteiger partial charge in [0.25, 0.3) is 0 Å². The number of hydrogen-bond donors (Lipinski definition) is 3. The molecule has 2 aromatic rings. The lowest BCUT2D eigenvalue weighted by atomic mass is 10.1. The number of hydrazine groups is 2. The second-order valence-electron chi connectivity index (χ2n) is 6.15. The van der Waals surface area contributed by atoms with Gasteiger partial charge in [-0.2, -0.15) is 13.2 Å². The molecule has 0 atom stereocenters. The Hall–Kier alpha value is -3.39. The van der Waals surface area contributed by atoms with E-state index in [1.807, 2.05) is 0 Å². The van der Waals surface area contributed by atoms with Crippen molar-refractivity contribution in [1.82, 2.24) is 5.01 Å². The highest BCUT2D eigenvalue weighted by Crippen LogP contribution is 2.39. The van der Waals surface area contributed by atoms with Crippen LogP contribution >= 0.6 is 0 Å². The Bertz CT molecular complexity index is 904. The molecule has 14 heteroatoms. The van der Waals surface area contributed by atoms with Gasteiger partial charge in [-0.25, -0.2) is 11.7 Å². The van der Waals surface area contributed by atoms with E-state index in [2.05, 4.69) is 4.74 Å². The van der Waals surface area contributed by atoms with Gasteiger partial charge in [0.1, 0.15) is 29.4 Å². The van der Waals surface area contributed by atoms with Crippen LogP contribution in [-0.2, 0) is 17.6 Å². The van der Waals surface area contributed by atoms with E-state index in [0.29, 0.717) is 12.5 Å². The number of phenols is 1. The van der Waals surface area contributed by atoms with E-state index in [0.717, 1.165) is 28.2 Å². The summed E-state index contributed by atoms with van der Waals surface area (Å²) in [5.41, 5.74) is -1.43. The van der Waals surface area contributed by atoms with Gasteiger partial charge >= 0.3 is 12.5 Å². The van der Waals surface area contributed by atoms with E-state index in [4.69, 9.17) is 16.4 Å². The molecule has 0 spiro atoms. The van der Waals surface area contributed by atoms with Gasteiger partial charge in [0, 0.05) is 14.1 Å². The van der Waals surface area contributed by atoms with Crippen LogP contribution in [0.25, 0.3) is 0 Å². The number of alkyl halides is 6. The highest BCUT2D eigenvalue weighted by Gasteiger charge is 2.36. The maximum Gasteiger partial charge on any atom is 0.573 e. The Morgan fingerprint density at radius 1 is 1.03 bits per heavy atom. The summed E-state index contributed by atoms with van der Waals surface area (Å²) in [5, 5.41) is 11.2. The fraction of sp³-hybridized carbons (Fsp3) is 0.278. The number of nitrogens with two attached hydrogens (primary N) is 2. The third-order valence-corrected chi connectivity index (χ3v) is 3.52. The molecule has 0 aliphatic heterocycles. The second kappa shape index (κ2) is 10.8. The lowest BCUT2D eigenvalue weighted by Gasteiger charge is -2.21. The molecule has 178 valence electrons. The van der Waals surface area contributed by atoms with Gasteiger partial charge in [-0.1, -0.05) is 6.07 Å². The smallest absolute Gasteiger partial charge is 0.508 e. The van der Waals surface area contributed by atoms with E-state index >= 15 is 0 Å². The molecule has 0 aliphatic carbocycles. The number of benzene rings is 2. The summed E-state index contributed by atoms with van der Waals surface area (Å²) in [4.78, 5) is 9.31. The number of ether oxygens (including phenoxy) is 2. The minimum atomic E-state index is -5.02. The summed E-state index contributed by atoms with van der Waals surface area (Å²) in [6.07, 6.45) is -9.33.